The van der Waals surface area contributed by atoms with Crippen molar-refractivity contribution in [3.8, 4) is 0 Å². The number of nitrogens with zero attached hydrogens (tertiary/aromatic N) is 1. The molecule has 0 spiro atoms. The van der Waals surface area contributed by atoms with Gasteiger partial charge in [0.25, 0.3) is 0 Å². The molecule has 0 saturated carbocycles. The SMILES string of the molecule is CCOC(=O)CNC1(c2ccc(CN3CCC[C@H](c4ccccc4)[S+]3[O-])c(F)c2)CCOCC1. The molecule has 0 bridgehead atoms. The Labute approximate surface area is 204 Å². The van der Waals surface area contributed by atoms with Gasteiger partial charge in [-0.05, 0) is 37.8 Å². The number of carbonyl (C=O) groups excluding carboxylic acids is 1. The number of benzene rings is 2. The molecule has 0 aromatic heterocycles. The first-order chi connectivity index (χ1) is 16.5. The summed E-state index contributed by atoms with van der Waals surface area (Å²) in [5.41, 5.74) is 1.84. The van der Waals surface area contributed by atoms with E-state index < -0.39 is 16.9 Å². The van der Waals surface area contributed by atoms with Crippen LogP contribution >= 0.6 is 0 Å². The van der Waals surface area contributed by atoms with Crippen LogP contribution in [0.3, 0.4) is 0 Å². The highest BCUT2D eigenvalue weighted by Gasteiger charge is 2.37. The van der Waals surface area contributed by atoms with Gasteiger partial charge in [-0.2, -0.15) is 0 Å². The third kappa shape index (κ3) is 5.80. The van der Waals surface area contributed by atoms with Crippen LogP contribution < -0.4 is 5.32 Å². The van der Waals surface area contributed by atoms with Gasteiger partial charge >= 0.3 is 5.97 Å². The molecule has 1 N–H and O–H groups in total. The summed E-state index contributed by atoms with van der Waals surface area (Å²) >= 11 is -1.22. The van der Waals surface area contributed by atoms with Crippen molar-refractivity contribution in [3.05, 3.63) is 71.0 Å². The number of esters is 1. The summed E-state index contributed by atoms with van der Waals surface area (Å²) in [6, 6.07) is 15.2. The second-order valence-corrected chi connectivity index (χ2v) is 10.5. The minimum Gasteiger partial charge on any atom is -0.597 e. The van der Waals surface area contributed by atoms with E-state index in [-0.39, 0.29) is 23.6 Å². The van der Waals surface area contributed by atoms with Gasteiger partial charge in [0.05, 0.1) is 19.7 Å². The second kappa shape index (κ2) is 11.6. The topological polar surface area (TPSA) is 73.9 Å². The molecule has 1 unspecified atom stereocenters. The van der Waals surface area contributed by atoms with Gasteiger partial charge in [0.2, 0.25) is 0 Å². The number of hydrogen-bond donors (Lipinski definition) is 1. The Morgan fingerprint density at radius 2 is 2.03 bits per heavy atom. The number of halogens is 1. The summed E-state index contributed by atoms with van der Waals surface area (Å²) < 4.78 is 41.0. The highest BCUT2D eigenvalue weighted by Crippen LogP contribution is 2.36. The fourth-order valence-electron chi connectivity index (χ4n) is 4.82. The average molecular weight is 489 g/mol. The largest absolute Gasteiger partial charge is 0.597 e. The Kier molecular flexibility index (Phi) is 8.60. The van der Waals surface area contributed by atoms with E-state index in [2.05, 4.69) is 5.32 Å². The fraction of sp³-hybridized carbons (Fsp3) is 0.500. The van der Waals surface area contributed by atoms with Crippen molar-refractivity contribution in [2.45, 2.75) is 49.9 Å². The third-order valence-electron chi connectivity index (χ3n) is 6.72. The van der Waals surface area contributed by atoms with Crippen LogP contribution in [-0.2, 0) is 37.7 Å². The lowest BCUT2D eigenvalue weighted by Gasteiger charge is -2.39. The summed E-state index contributed by atoms with van der Waals surface area (Å²) in [4.78, 5) is 11.9. The van der Waals surface area contributed by atoms with Crippen LogP contribution in [0.4, 0.5) is 4.39 Å². The van der Waals surface area contributed by atoms with Crippen LogP contribution in [0.1, 0.15) is 54.5 Å². The predicted molar refractivity (Wildman–Crippen MR) is 130 cm³/mol. The third-order valence-corrected chi connectivity index (χ3v) is 8.53. The second-order valence-electron chi connectivity index (χ2n) is 8.84. The molecule has 34 heavy (non-hydrogen) atoms. The smallest absolute Gasteiger partial charge is 0.319 e. The van der Waals surface area contributed by atoms with Gasteiger partial charge in [-0.1, -0.05) is 42.5 Å². The van der Waals surface area contributed by atoms with Gasteiger partial charge in [0.15, 0.2) is 5.25 Å². The number of carbonyl (C=O) groups is 1. The van der Waals surface area contributed by atoms with Crippen LogP contribution in [0.15, 0.2) is 48.5 Å². The summed E-state index contributed by atoms with van der Waals surface area (Å²) in [7, 11) is 0. The Morgan fingerprint density at radius 3 is 2.74 bits per heavy atom. The van der Waals surface area contributed by atoms with Crippen molar-refractivity contribution in [1.29, 1.82) is 0 Å². The minimum atomic E-state index is -1.22. The van der Waals surface area contributed by atoms with Gasteiger partial charge in [-0.3, -0.25) is 10.1 Å². The highest BCUT2D eigenvalue weighted by atomic mass is 32.2. The first kappa shape index (κ1) is 25.1. The molecule has 2 heterocycles. The normalized spacial score (nSPS) is 22.9. The van der Waals surface area contributed by atoms with E-state index in [4.69, 9.17) is 9.47 Å². The molecule has 2 fully saturated rings. The zero-order valence-corrected chi connectivity index (χ0v) is 20.5. The average Bonchev–Trinajstić information content (AvgIpc) is 2.86. The Morgan fingerprint density at radius 1 is 1.26 bits per heavy atom. The molecule has 0 amide bonds. The zero-order chi connectivity index (χ0) is 24.0. The summed E-state index contributed by atoms with van der Waals surface area (Å²) in [5.74, 6) is -0.647. The summed E-state index contributed by atoms with van der Waals surface area (Å²) in [5, 5.41) is 3.25. The lowest BCUT2D eigenvalue weighted by Crippen LogP contribution is -2.49. The Bertz CT molecular complexity index is 955. The molecule has 0 radical (unpaired) electrons. The van der Waals surface area contributed by atoms with Crippen LogP contribution in [0.2, 0.25) is 0 Å². The van der Waals surface area contributed by atoms with Crippen molar-refractivity contribution in [3.63, 3.8) is 0 Å². The van der Waals surface area contributed by atoms with Gasteiger partial charge < -0.3 is 14.0 Å². The van der Waals surface area contributed by atoms with E-state index in [1.165, 1.54) is 0 Å². The van der Waals surface area contributed by atoms with Gasteiger partial charge in [-0.25, -0.2) is 4.39 Å². The van der Waals surface area contributed by atoms with Crippen LogP contribution in [0.5, 0.6) is 0 Å². The van der Waals surface area contributed by atoms with Crippen LogP contribution in [-0.4, -0.2) is 47.7 Å². The maximum Gasteiger partial charge on any atom is 0.319 e. The van der Waals surface area contributed by atoms with E-state index in [1.807, 2.05) is 40.7 Å². The maximum absolute atomic E-state index is 15.3. The lowest BCUT2D eigenvalue weighted by molar-refractivity contribution is -0.142. The van der Waals surface area contributed by atoms with Crippen molar-refractivity contribution in [2.75, 3.05) is 32.9 Å². The number of nitrogens with one attached hydrogen (secondary N) is 1. The molecule has 2 saturated heterocycles. The van der Waals surface area contributed by atoms with Crippen LogP contribution in [0, 0.1) is 5.82 Å². The van der Waals surface area contributed by atoms with Gasteiger partial charge in [-0.15, -0.1) is 4.31 Å². The minimum absolute atomic E-state index is 0.0603. The van der Waals surface area contributed by atoms with Crippen molar-refractivity contribution >= 4 is 17.3 Å². The monoisotopic (exact) mass is 488 g/mol. The molecule has 6 nitrogen and oxygen atoms in total. The lowest BCUT2D eigenvalue weighted by atomic mass is 9.82. The molecule has 4 rings (SSSR count). The number of hydrogen-bond acceptors (Lipinski definition) is 6. The van der Waals surface area contributed by atoms with Gasteiger partial charge in [0.1, 0.15) is 5.82 Å². The molecule has 0 aliphatic carbocycles. The number of ether oxygens (including phenoxy) is 2. The Balaban J connectivity index is 1.49. The van der Waals surface area contributed by atoms with Crippen molar-refractivity contribution in [1.82, 2.24) is 9.62 Å². The quantitative estimate of drug-likeness (QED) is 0.448. The molecule has 2 atom stereocenters. The Hall–Kier alpha value is -1.97. The van der Waals surface area contributed by atoms with E-state index in [0.29, 0.717) is 51.3 Å². The zero-order valence-electron chi connectivity index (χ0n) is 19.6. The molecule has 2 aliphatic rings. The maximum atomic E-state index is 15.3. The number of rotatable bonds is 8. The first-order valence-corrected chi connectivity index (χ1v) is 13.2. The summed E-state index contributed by atoms with van der Waals surface area (Å²) in [6.45, 7) is 4.20. The molecular formula is C26H33FN2O4S. The molecule has 2 aliphatic heterocycles. The molecule has 2 aromatic carbocycles. The highest BCUT2D eigenvalue weighted by molar-refractivity contribution is 7.89. The van der Waals surface area contributed by atoms with E-state index >= 15 is 4.39 Å². The van der Waals surface area contributed by atoms with Gasteiger partial charge in [0, 0.05) is 54.2 Å². The predicted octanol–water partition coefficient (Wildman–Crippen LogP) is 3.98. The van der Waals surface area contributed by atoms with E-state index in [1.54, 1.807) is 19.1 Å². The first-order valence-electron chi connectivity index (χ1n) is 12.0. The fourth-order valence-corrected chi connectivity index (χ4v) is 6.51. The standard InChI is InChI=1S/C26H33FN2O4S/c1-2-33-25(30)18-28-26(12-15-32-16-13-26)22-11-10-21(23(27)17-22)19-29-14-6-9-24(34(29)31)20-7-4-3-5-8-20/h3-5,7-8,10-11,17,24,28H,2,6,9,12-16,18-19H2,1H3/t24-,34?/m1/s1. The molecule has 2 aromatic rings. The molecule has 8 heteroatoms. The van der Waals surface area contributed by atoms with E-state index in [0.717, 1.165) is 24.0 Å². The van der Waals surface area contributed by atoms with E-state index in [9.17, 15) is 9.35 Å². The molecule has 184 valence electrons. The van der Waals surface area contributed by atoms with Crippen molar-refractivity contribution in [2.24, 2.45) is 0 Å². The van der Waals surface area contributed by atoms with Crippen molar-refractivity contribution < 1.29 is 23.2 Å². The summed E-state index contributed by atoms with van der Waals surface area (Å²) in [6.07, 6.45) is 3.07. The molecular weight excluding hydrogens is 455 g/mol. The van der Waals surface area contributed by atoms with Crippen LogP contribution in [0.25, 0.3) is 0 Å².